The molecule has 0 unspecified atom stereocenters. The number of rotatable bonds is 14. The minimum absolute atomic E-state index is 0.0238. The number of hydrogen-bond donors (Lipinski definition) is 1. The van der Waals surface area contributed by atoms with Gasteiger partial charge in [0.2, 0.25) is 5.78 Å². The van der Waals surface area contributed by atoms with Crippen molar-refractivity contribution in [2.75, 3.05) is 39.0 Å². The van der Waals surface area contributed by atoms with Gasteiger partial charge in [0.15, 0.2) is 35.3 Å². The van der Waals surface area contributed by atoms with E-state index >= 15 is 0 Å². The molecule has 0 bridgehead atoms. The number of ether oxygens (including phenoxy) is 4. The van der Waals surface area contributed by atoms with Crippen LogP contribution in [0.15, 0.2) is 112 Å². The number of nitriles is 3. The van der Waals surface area contributed by atoms with Crippen LogP contribution in [0.3, 0.4) is 0 Å². The van der Waals surface area contributed by atoms with Crippen molar-refractivity contribution < 1.29 is 75.7 Å². The highest BCUT2D eigenvalue weighted by Gasteiger charge is 2.50. The summed E-state index contributed by atoms with van der Waals surface area (Å²) in [6.45, 7) is 1.22. The number of alkyl halides is 2. The number of allylic oxidation sites excluding steroid dienone is 1. The quantitative estimate of drug-likeness (QED) is 0.0786. The number of halogens is 5. The molecular weight excluding hydrogens is 1100 g/mol. The molecule has 0 atom stereocenters. The molecule has 3 aliphatic carbocycles. The Hall–Kier alpha value is -8.47. The maximum absolute atomic E-state index is 13.9. The van der Waals surface area contributed by atoms with Gasteiger partial charge in [-0.05, 0) is 92.1 Å². The Labute approximate surface area is 450 Å². The van der Waals surface area contributed by atoms with E-state index in [9.17, 15) is 56.8 Å². The minimum Gasteiger partial charge on any atom is -0.457 e. The Bertz CT molecular complexity index is 4020. The summed E-state index contributed by atoms with van der Waals surface area (Å²) in [6, 6.07) is 23.8. The van der Waals surface area contributed by atoms with Crippen LogP contribution < -0.4 is 19.5 Å². The summed E-state index contributed by atoms with van der Waals surface area (Å²) < 4.78 is 162. The Morgan fingerprint density at radius 3 is 1.42 bits per heavy atom. The van der Waals surface area contributed by atoms with E-state index in [0.29, 0.717) is 48.4 Å². The van der Waals surface area contributed by atoms with Crippen molar-refractivity contribution in [2.24, 2.45) is 0 Å². The number of nitrogens with zero attached hydrogens (tertiary/aromatic N) is 3. The standard InChI is InChI=1S/C21H21FN2O4S.C17H10F3NO4S.C17H12FNO4S/c1-27-9-3-8-24-18-5-4-17-19(6-7-20(21(17)18)29(2,25)26)28-16-11-14(13-23)10-15(22)12-16;1-26(23,24)14-3-2-13(12-7-17(19,20)16(22)15(12)14)25-11-5-9(8-21)4-10(18)6-11;1-24(21,22)16-5-4-15(13-2-3-14(20)17(13)16)23-12-7-10(9-19)6-11(18)8-12/h5-7,10-12,24H,3-4,8-9H2,1-2H3;2-6H,7H2,1H3;4-8H,2-3H2,1H3. The molecule has 79 heavy (non-hydrogen) atoms. The van der Waals surface area contributed by atoms with Crippen LogP contribution >= 0.6 is 0 Å². The van der Waals surface area contributed by atoms with E-state index in [4.69, 9.17) is 34.7 Å². The van der Waals surface area contributed by atoms with Gasteiger partial charge >= 0.3 is 5.92 Å². The van der Waals surface area contributed by atoms with Crippen molar-refractivity contribution in [2.45, 2.75) is 52.7 Å². The zero-order chi connectivity index (χ0) is 57.8. The lowest BCUT2D eigenvalue weighted by atomic mass is 10.1. The number of carbonyl (C=O) groups excluding carboxylic acids is 2. The highest BCUT2D eigenvalue weighted by molar-refractivity contribution is 7.91. The largest absolute Gasteiger partial charge is 0.457 e. The van der Waals surface area contributed by atoms with Gasteiger partial charge in [-0.25, -0.2) is 38.4 Å². The fraction of sp³-hybridized carbons (Fsp3) is 0.218. The third kappa shape index (κ3) is 13.5. The summed E-state index contributed by atoms with van der Waals surface area (Å²) in [5, 5.41) is 30.0. The van der Waals surface area contributed by atoms with Crippen molar-refractivity contribution in [3.05, 3.63) is 165 Å². The molecule has 6 aromatic rings. The number of carbonyl (C=O) groups is 2. The molecule has 24 heteroatoms. The zero-order valence-corrected chi connectivity index (χ0v) is 44.5. The van der Waals surface area contributed by atoms with Crippen LogP contribution in [-0.2, 0) is 53.5 Å². The van der Waals surface area contributed by atoms with Gasteiger partial charge in [-0.3, -0.25) is 9.59 Å². The lowest BCUT2D eigenvalue weighted by molar-refractivity contribution is 0.0165. The van der Waals surface area contributed by atoms with Crippen LogP contribution in [0.2, 0.25) is 0 Å². The fourth-order valence-corrected chi connectivity index (χ4v) is 11.5. The summed E-state index contributed by atoms with van der Waals surface area (Å²) >= 11 is 0. The summed E-state index contributed by atoms with van der Waals surface area (Å²) in [5.41, 5.74) is 1.93. The molecule has 0 amide bonds. The van der Waals surface area contributed by atoms with Crippen molar-refractivity contribution in [3.63, 3.8) is 0 Å². The molecule has 0 spiro atoms. The van der Waals surface area contributed by atoms with Crippen molar-refractivity contribution in [3.8, 4) is 52.7 Å². The second-order valence-corrected chi connectivity index (χ2v) is 23.9. The first-order valence-corrected chi connectivity index (χ1v) is 29.0. The highest BCUT2D eigenvalue weighted by atomic mass is 32.2. The molecule has 9 rings (SSSR count). The maximum atomic E-state index is 13.9. The van der Waals surface area contributed by atoms with E-state index in [-0.39, 0.29) is 78.6 Å². The summed E-state index contributed by atoms with van der Waals surface area (Å²) in [4.78, 5) is 23.7. The smallest absolute Gasteiger partial charge is 0.313 e. The van der Waals surface area contributed by atoms with E-state index in [1.54, 1.807) is 19.2 Å². The summed E-state index contributed by atoms with van der Waals surface area (Å²) in [6.07, 6.45) is 5.69. The monoisotopic (exact) mass is 1140 g/mol. The van der Waals surface area contributed by atoms with E-state index in [0.717, 1.165) is 73.3 Å². The van der Waals surface area contributed by atoms with Crippen LogP contribution in [0.25, 0.3) is 5.70 Å². The maximum Gasteiger partial charge on any atom is 0.313 e. The SMILES string of the molecule is COCCCNC1=CCc2c(Oc3cc(F)cc(C#N)c3)ccc(S(C)(=O)=O)c21.CS(=O)(=O)c1ccc(Oc2cc(F)cc(C#N)c2)c2c1C(=O)C(F)(F)C2.CS(=O)(=O)c1ccc(Oc2cc(F)cc(C#N)c2)c2c1C(=O)CC2. The van der Waals surface area contributed by atoms with Gasteiger partial charge in [-0.1, -0.05) is 6.08 Å². The van der Waals surface area contributed by atoms with Gasteiger partial charge < -0.3 is 24.3 Å². The highest BCUT2D eigenvalue weighted by Crippen LogP contribution is 2.44. The number of sulfone groups is 3. The van der Waals surface area contributed by atoms with Crippen LogP contribution in [-0.4, -0.2) is 81.8 Å². The van der Waals surface area contributed by atoms with E-state index in [1.165, 1.54) is 42.5 Å². The number of ketones is 2. The van der Waals surface area contributed by atoms with Gasteiger partial charge in [0.05, 0.1) is 49.6 Å². The lowest BCUT2D eigenvalue weighted by Gasteiger charge is -2.16. The fourth-order valence-electron chi connectivity index (χ4n) is 8.71. The molecule has 3 aliphatic rings. The molecule has 0 heterocycles. The number of nitrogens with one attached hydrogen (secondary N) is 1. The number of benzene rings is 6. The predicted molar refractivity (Wildman–Crippen MR) is 274 cm³/mol. The molecular formula is C55H43F5N4O12S3. The first kappa shape index (κ1) is 58.2. The third-order valence-electron chi connectivity index (χ3n) is 12.0. The van der Waals surface area contributed by atoms with Crippen molar-refractivity contribution in [1.29, 1.82) is 15.8 Å². The molecule has 6 aromatic carbocycles. The average molecular weight is 1140 g/mol. The lowest BCUT2D eigenvalue weighted by Crippen LogP contribution is -2.24. The van der Waals surface area contributed by atoms with E-state index < -0.39 is 75.5 Å². The number of hydrogen-bond acceptors (Lipinski definition) is 16. The summed E-state index contributed by atoms with van der Waals surface area (Å²) in [5.74, 6) is -6.94. The second kappa shape index (κ2) is 23.2. The number of Topliss-reactive ketones (excluding diaryl/α,β-unsaturated/α-hetero) is 2. The molecule has 0 saturated heterocycles. The van der Waals surface area contributed by atoms with Crippen LogP contribution in [0, 0.1) is 51.4 Å². The van der Waals surface area contributed by atoms with E-state index in [1.807, 2.05) is 18.2 Å². The van der Waals surface area contributed by atoms with E-state index in [2.05, 4.69) is 5.32 Å². The molecule has 0 fully saturated rings. The van der Waals surface area contributed by atoms with Gasteiger partial charge in [-0.15, -0.1) is 0 Å². The number of methoxy groups -OCH3 is 1. The average Bonchev–Trinajstić information content (AvgIpc) is 4.28. The van der Waals surface area contributed by atoms with Crippen molar-refractivity contribution >= 4 is 46.8 Å². The first-order chi connectivity index (χ1) is 37.1. The molecule has 1 N–H and O–H groups in total. The van der Waals surface area contributed by atoms with Crippen LogP contribution in [0.5, 0.6) is 34.5 Å². The van der Waals surface area contributed by atoms with Gasteiger partial charge in [-0.2, -0.15) is 24.6 Å². The Morgan fingerprint density at radius 1 is 0.570 bits per heavy atom. The van der Waals surface area contributed by atoms with Crippen LogP contribution in [0.4, 0.5) is 22.0 Å². The first-order valence-electron chi connectivity index (χ1n) is 23.3. The number of fused-ring (bicyclic) bond motifs is 3. The second-order valence-electron chi connectivity index (χ2n) is 18.0. The Balaban J connectivity index is 0.000000172. The molecule has 16 nitrogen and oxygen atoms in total. The Kier molecular flexibility index (Phi) is 17.1. The van der Waals surface area contributed by atoms with Gasteiger partial charge in [0.25, 0.3) is 0 Å². The molecule has 408 valence electrons. The van der Waals surface area contributed by atoms with Gasteiger partial charge in [0, 0.05) is 109 Å². The minimum atomic E-state index is -3.93. The molecule has 0 radical (unpaired) electrons. The predicted octanol–water partition coefficient (Wildman–Crippen LogP) is 9.71. The zero-order valence-electron chi connectivity index (χ0n) is 42.0. The normalized spacial score (nSPS) is 13.9. The molecule has 0 saturated carbocycles. The molecule has 0 aliphatic heterocycles. The van der Waals surface area contributed by atoms with Crippen LogP contribution in [0.1, 0.15) is 72.5 Å². The van der Waals surface area contributed by atoms with Gasteiger partial charge in [0.1, 0.15) is 51.9 Å². The topological polar surface area (TPSA) is 257 Å². The third-order valence-corrected chi connectivity index (χ3v) is 15.5. The Morgan fingerprint density at radius 2 is 0.987 bits per heavy atom. The molecule has 0 aromatic heterocycles. The van der Waals surface area contributed by atoms with Crippen molar-refractivity contribution in [1.82, 2.24) is 5.32 Å². The summed E-state index contributed by atoms with van der Waals surface area (Å²) in [7, 11) is -9.32.